The lowest BCUT2D eigenvalue weighted by molar-refractivity contribution is 0.0938. The molecule has 0 radical (unpaired) electrons. The van der Waals surface area contributed by atoms with Crippen LogP contribution in [-0.2, 0) is 4.74 Å². The standard InChI is InChI=1S/C16H25N3O2S/c1-3-21-16(20)19-8-6-13(7-9-19)18-14(12-4-5-12)15-17-10-11(2)22-15/h10,12-14,18H,3-9H2,1-2H3/t14-/m0/s1. The Morgan fingerprint density at radius 3 is 2.73 bits per heavy atom. The van der Waals surface area contributed by atoms with Crippen LogP contribution in [0.3, 0.4) is 0 Å². The summed E-state index contributed by atoms with van der Waals surface area (Å²) in [7, 11) is 0. The van der Waals surface area contributed by atoms with Gasteiger partial charge in [0.05, 0.1) is 12.6 Å². The van der Waals surface area contributed by atoms with E-state index in [9.17, 15) is 4.79 Å². The van der Waals surface area contributed by atoms with Gasteiger partial charge in [0.1, 0.15) is 5.01 Å². The van der Waals surface area contributed by atoms with Crippen molar-refractivity contribution >= 4 is 17.4 Å². The number of piperidine rings is 1. The van der Waals surface area contributed by atoms with E-state index in [0.717, 1.165) is 31.8 Å². The minimum absolute atomic E-state index is 0.171. The number of carbonyl (C=O) groups is 1. The molecule has 1 saturated heterocycles. The number of aromatic nitrogens is 1. The molecule has 1 atom stereocenters. The van der Waals surface area contributed by atoms with Crippen LogP contribution in [0.15, 0.2) is 6.20 Å². The Balaban J connectivity index is 1.53. The molecular weight excluding hydrogens is 298 g/mol. The predicted octanol–water partition coefficient (Wildman–Crippen LogP) is 3.11. The SMILES string of the molecule is CCOC(=O)N1CCC(N[C@H](c2ncc(C)s2)C2CC2)CC1. The molecule has 3 rings (SSSR count). The quantitative estimate of drug-likeness (QED) is 0.904. The van der Waals surface area contributed by atoms with Crippen LogP contribution in [0.4, 0.5) is 4.79 Å². The monoisotopic (exact) mass is 323 g/mol. The predicted molar refractivity (Wildman–Crippen MR) is 87.1 cm³/mol. The van der Waals surface area contributed by atoms with Crippen LogP contribution in [0, 0.1) is 12.8 Å². The van der Waals surface area contributed by atoms with E-state index >= 15 is 0 Å². The summed E-state index contributed by atoms with van der Waals surface area (Å²) in [5, 5.41) is 5.04. The normalized spacial score (nSPS) is 20.9. The average molecular weight is 323 g/mol. The highest BCUT2D eigenvalue weighted by molar-refractivity contribution is 7.11. The largest absolute Gasteiger partial charge is 0.450 e. The number of carbonyl (C=O) groups excluding carboxylic acids is 1. The zero-order valence-electron chi connectivity index (χ0n) is 13.4. The molecule has 2 fully saturated rings. The van der Waals surface area contributed by atoms with Crippen molar-refractivity contribution in [2.24, 2.45) is 5.92 Å². The summed E-state index contributed by atoms with van der Waals surface area (Å²) in [5.41, 5.74) is 0. The van der Waals surface area contributed by atoms with E-state index in [-0.39, 0.29) is 6.09 Å². The molecule has 1 saturated carbocycles. The molecule has 1 amide bonds. The van der Waals surface area contributed by atoms with Crippen LogP contribution < -0.4 is 5.32 Å². The first-order valence-electron chi connectivity index (χ1n) is 8.27. The van der Waals surface area contributed by atoms with Crippen molar-refractivity contribution in [1.82, 2.24) is 15.2 Å². The lowest BCUT2D eigenvalue weighted by Crippen LogP contribution is -2.46. The molecule has 22 heavy (non-hydrogen) atoms. The molecule has 1 N–H and O–H groups in total. The second kappa shape index (κ2) is 6.96. The van der Waals surface area contributed by atoms with Crippen molar-refractivity contribution in [3.05, 3.63) is 16.1 Å². The third-order valence-corrected chi connectivity index (χ3v) is 5.43. The molecule has 0 spiro atoms. The van der Waals surface area contributed by atoms with Crippen molar-refractivity contribution < 1.29 is 9.53 Å². The van der Waals surface area contributed by atoms with Crippen LogP contribution in [0.1, 0.15) is 48.5 Å². The molecule has 5 nitrogen and oxygen atoms in total. The van der Waals surface area contributed by atoms with Crippen LogP contribution in [0.25, 0.3) is 0 Å². The van der Waals surface area contributed by atoms with Crippen molar-refractivity contribution in [1.29, 1.82) is 0 Å². The number of rotatable bonds is 5. The van der Waals surface area contributed by atoms with E-state index in [0.29, 0.717) is 18.7 Å². The van der Waals surface area contributed by atoms with Gasteiger partial charge in [0.2, 0.25) is 0 Å². The molecule has 6 heteroatoms. The van der Waals surface area contributed by atoms with Crippen LogP contribution in [0.5, 0.6) is 0 Å². The van der Waals surface area contributed by atoms with Crippen LogP contribution >= 0.6 is 11.3 Å². The fourth-order valence-electron chi connectivity index (χ4n) is 3.05. The van der Waals surface area contributed by atoms with E-state index in [4.69, 9.17) is 4.74 Å². The van der Waals surface area contributed by atoms with Gasteiger partial charge < -0.3 is 15.0 Å². The van der Waals surface area contributed by atoms with Gasteiger partial charge in [-0.3, -0.25) is 0 Å². The Morgan fingerprint density at radius 1 is 1.45 bits per heavy atom. The number of nitrogens with one attached hydrogen (secondary N) is 1. The van der Waals surface area contributed by atoms with E-state index in [2.05, 4.69) is 17.2 Å². The molecule has 0 bridgehead atoms. The van der Waals surface area contributed by atoms with Crippen LogP contribution in [0.2, 0.25) is 0 Å². The van der Waals surface area contributed by atoms with E-state index in [1.54, 1.807) is 11.3 Å². The lowest BCUT2D eigenvalue weighted by Gasteiger charge is -2.33. The van der Waals surface area contributed by atoms with E-state index in [1.165, 1.54) is 22.7 Å². The first-order chi connectivity index (χ1) is 10.7. The highest BCUT2D eigenvalue weighted by Crippen LogP contribution is 2.42. The van der Waals surface area contributed by atoms with Crippen molar-refractivity contribution in [2.75, 3.05) is 19.7 Å². The fraction of sp³-hybridized carbons (Fsp3) is 0.750. The Bertz CT molecular complexity index is 507. The molecule has 1 aliphatic heterocycles. The number of hydrogen-bond donors (Lipinski definition) is 1. The topological polar surface area (TPSA) is 54.5 Å². The number of ether oxygens (including phenoxy) is 1. The Kier molecular flexibility index (Phi) is 4.98. The van der Waals surface area contributed by atoms with Gasteiger partial charge >= 0.3 is 6.09 Å². The Hall–Kier alpha value is -1.14. The van der Waals surface area contributed by atoms with Crippen molar-refractivity contribution in [3.63, 3.8) is 0 Å². The number of aryl methyl sites for hydroxylation is 1. The summed E-state index contributed by atoms with van der Waals surface area (Å²) in [5.74, 6) is 0.744. The number of likely N-dealkylation sites (tertiary alicyclic amines) is 1. The summed E-state index contributed by atoms with van der Waals surface area (Å²) in [6.45, 7) is 5.98. The summed E-state index contributed by atoms with van der Waals surface area (Å²) in [4.78, 5) is 19.4. The molecular formula is C16H25N3O2S. The molecule has 1 aromatic rings. The average Bonchev–Trinajstić information content (AvgIpc) is 3.27. The molecule has 1 aliphatic carbocycles. The van der Waals surface area contributed by atoms with Crippen molar-refractivity contribution in [2.45, 2.75) is 51.6 Å². The number of nitrogens with zero attached hydrogens (tertiary/aromatic N) is 2. The smallest absolute Gasteiger partial charge is 0.409 e. The minimum atomic E-state index is -0.171. The summed E-state index contributed by atoms with van der Waals surface area (Å²) >= 11 is 1.81. The third-order valence-electron chi connectivity index (χ3n) is 4.43. The summed E-state index contributed by atoms with van der Waals surface area (Å²) in [6.07, 6.45) is 6.39. The van der Waals surface area contributed by atoms with E-state index < -0.39 is 0 Å². The van der Waals surface area contributed by atoms with Gasteiger partial charge in [-0.2, -0.15) is 0 Å². The third kappa shape index (κ3) is 3.79. The van der Waals surface area contributed by atoms with Gasteiger partial charge in [-0.15, -0.1) is 11.3 Å². The van der Waals surface area contributed by atoms with E-state index in [1.807, 2.05) is 18.0 Å². The fourth-order valence-corrected chi connectivity index (χ4v) is 3.98. The van der Waals surface area contributed by atoms with Gasteiger partial charge in [0.15, 0.2) is 0 Å². The summed E-state index contributed by atoms with van der Waals surface area (Å²) in [6, 6.07) is 0.873. The maximum atomic E-state index is 11.7. The number of thiazole rings is 1. The lowest BCUT2D eigenvalue weighted by atomic mass is 10.0. The summed E-state index contributed by atoms with van der Waals surface area (Å²) < 4.78 is 5.08. The molecule has 2 aliphatic rings. The first-order valence-corrected chi connectivity index (χ1v) is 9.09. The van der Waals surface area contributed by atoms with Gasteiger partial charge in [-0.1, -0.05) is 0 Å². The Morgan fingerprint density at radius 2 is 2.18 bits per heavy atom. The number of hydrogen-bond acceptors (Lipinski definition) is 5. The van der Waals surface area contributed by atoms with Gasteiger partial charge in [0.25, 0.3) is 0 Å². The minimum Gasteiger partial charge on any atom is -0.450 e. The maximum Gasteiger partial charge on any atom is 0.409 e. The zero-order chi connectivity index (χ0) is 15.5. The Labute approximate surface area is 136 Å². The highest BCUT2D eigenvalue weighted by atomic mass is 32.1. The van der Waals surface area contributed by atoms with Crippen molar-refractivity contribution in [3.8, 4) is 0 Å². The first kappa shape index (κ1) is 15.7. The van der Waals surface area contributed by atoms with Gasteiger partial charge in [0, 0.05) is 30.2 Å². The molecule has 122 valence electrons. The highest BCUT2D eigenvalue weighted by Gasteiger charge is 2.36. The molecule has 1 aromatic heterocycles. The second-order valence-electron chi connectivity index (χ2n) is 6.25. The molecule has 0 aromatic carbocycles. The van der Waals surface area contributed by atoms with Gasteiger partial charge in [-0.05, 0) is 45.4 Å². The second-order valence-corrected chi connectivity index (χ2v) is 7.52. The zero-order valence-corrected chi connectivity index (χ0v) is 14.2. The molecule has 2 heterocycles. The molecule has 0 unspecified atom stereocenters. The number of amides is 1. The van der Waals surface area contributed by atoms with Crippen LogP contribution in [-0.4, -0.2) is 41.7 Å². The van der Waals surface area contributed by atoms with Gasteiger partial charge in [-0.25, -0.2) is 9.78 Å². The maximum absolute atomic E-state index is 11.7.